The van der Waals surface area contributed by atoms with Crippen molar-refractivity contribution >= 4 is 16.7 Å². The molecule has 0 aliphatic carbocycles. The summed E-state index contributed by atoms with van der Waals surface area (Å²) in [5, 5.41) is 43.5. The molecule has 29 heavy (non-hydrogen) atoms. The SMILES string of the molecule is CCCCCCCCCCCCOS(=O)(=O)O.O=CC(O)C(O)C(O)C(O)CO. The molecule has 4 unspecified atom stereocenters. The summed E-state index contributed by atoms with van der Waals surface area (Å²) in [4.78, 5) is 9.90. The van der Waals surface area contributed by atoms with Crippen molar-refractivity contribution in [1.82, 2.24) is 0 Å². The lowest BCUT2D eigenvalue weighted by molar-refractivity contribution is -0.136. The van der Waals surface area contributed by atoms with Crippen LogP contribution in [0.4, 0.5) is 0 Å². The Morgan fingerprint density at radius 3 is 1.66 bits per heavy atom. The first-order valence-electron chi connectivity index (χ1n) is 10.0. The molecule has 0 spiro atoms. The molecule has 0 aromatic carbocycles. The smallest absolute Gasteiger partial charge is 0.394 e. The van der Waals surface area contributed by atoms with E-state index in [9.17, 15) is 13.2 Å². The summed E-state index contributed by atoms with van der Waals surface area (Å²) in [5.74, 6) is 0. The topological polar surface area (TPSA) is 182 Å². The number of carbonyl (C=O) groups excluding carboxylic acids is 1. The van der Waals surface area contributed by atoms with Crippen LogP contribution in [0, 0.1) is 0 Å². The minimum atomic E-state index is -4.23. The van der Waals surface area contributed by atoms with Crippen molar-refractivity contribution in [1.29, 1.82) is 0 Å². The van der Waals surface area contributed by atoms with Gasteiger partial charge in [0.1, 0.15) is 24.4 Å². The van der Waals surface area contributed by atoms with E-state index in [4.69, 9.17) is 30.1 Å². The van der Waals surface area contributed by atoms with E-state index in [0.29, 0.717) is 6.42 Å². The Morgan fingerprint density at radius 2 is 1.28 bits per heavy atom. The second kappa shape index (κ2) is 19.3. The third-order valence-electron chi connectivity index (χ3n) is 4.15. The fourth-order valence-corrected chi connectivity index (χ4v) is 2.70. The summed E-state index contributed by atoms with van der Waals surface area (Å²) in [6, 6.07) is 0. The standard InChI is InChI=1S/C12H26O4S.C6H12O6/c1-2-3-4-5-6-7-8-9-10-11-12-16-17(13,14)15;7-1-3(9)5(11)6(12)4(10)2-8/h2-12H2,1H3,(H,13,14,15);1,3-6,8-12H,2H2. The number of hydrogen-bond acceptors (Lipinski definition) is 9. The second-order valence-corrected chi connectivity index (χ2v) is 7.88. The molecule has 4 atom stereocenters. The Bertz CT molecular complexity index is 471. The molecule has 0 aliphatic heterocycles. The molecule has 0 saturated heterocycles. The van der Waals surface area contributed by atoms with E-state index in [1.807, 2.05) is 0 Å². The van der Waals surface area contributed by atoms with Crippen LogP contribution in [0.2, 0.25) is 0 Å². The highest BCUT2D eigenvalue weighted by Gasteiger charge is 2.29. The summed E-state index contributed by atoms with van der Waals surface area (Å²) in [6.07, 6.45) is 5.01. The van der Waals surface area contributed by atoms with E-state index >= 15 is 0 Å². The quantitative estimate of drug-likeness (QED) is 0.104. The fraction of sp³-hybridized carbons (Fsp3) is 0.944. The Balaban J connectivity index is 0. The highest BCUT2D eigenvalue weighted by Crippen LogP contribution is 2.10. The average molecular weight is 447 g/mol. The molecule has 11 heteroatoms. The molecular weight excluding hydrogens is 408 g/mol. The highest BCUT2D eigenvalue weighted by atomic mass is 32.3. The first-order valence-corrected chi connectivity index (χ1v) is 11.4. The molecular formula is C18H38O10S. The average Bonchev–Trinajstić information content (AvgIpc) is 2.69. The van der Waals surface area contributed by atoms with Crippen molar-refractivity contribution in [3.8, 4) is 0 Å². The maximum atomic E-state index is 10.2. The van der Waals surface area contributed by atoms with Gasteiger partial charge in [-0.25, -0.2) is 4.18 Å². The third kappa shape index (κ3) is 20.4. The van der Waals surface area contributed by atoms with Gasteiger partial charge in [-0.05, 0) is 6.42 Å². The van der Waals surface area contributed by atoms with Gasteiger partial charge in [0.25, 0.3) is 0 Å². The normalized spacial score (nSPS) is 15.7. The van der Waals surface area contributed by atoms with E-state index in [1.165, 1.54) is 44.9 Å². The number of unbranched alkanes of at least 4 members (excludes halogenated alkanes) is 9. The van der Waals surface area contributed by atoms with Crippen LogP contribution in [0.3, 0.4) is 0 Å². The lowest BCUT2D eigenvalue weighted by Gasteiger charge is -2.22. The summed E-state index contributed by atoms with van der Waals surface area (Å²) in [6.45, 7) is 1.55. The lowest BCUT2D eigenvalue weighted by Crippen LogP contribution is -2.46. The predicted molar refractivity (Wildman–Crippen MR) is 107 cm³/mol. The molecule has 0 rings (SSSR count). The second-order valence-electron chi connectivity index (χ2n) is 6.79. The predicted octanol–water partition coefficient (Wildman–Crippen LogP) is 0.348. The molecule has 0 aliphatic rings. The molecule has 176 valence electrons. The van der Waals surface area contributed by atoms with E-state index in [0.717, 1.165) is 12.8 Å². The van der Waals surface area contributed by atoms with Crippen LogP contribution in [0.15, 0.2) is 0 Å². The number of aliphatic hydroxyl groups excluding tert-OH is 5. The molecule has 10 nitrogen and oxygen atoms in total. The van der Waals surface area contributed by atoms with Crippen LogP contribution in [0.5, 0.6) is 0 Å². The van der Waals surface area contributed by atoms with Crippen molar-refractivity contribution in [3.05, 3.63) is 0 Å². The van der Waals surface area contributed by atoms with Crippen LogP contribution >= 0.6 is 0 Å². The summed E-state index contributed by atoms with van der Waals surface area (Å²) < 4.78 is 33.0. The first kappa shape index (κ1) is 30.5. The van der Waals surface area contributed by atoms with Crippen LogP contribution in [-0.4, -0.2) is 82.4 Å². The summed E-state index contributed by atoms with van der Waals surface area (Å²) in [5.41, 5.74) is 0. The molecule has 0 radical (unpaired) electrons. The zero-order valence-electron chi connectivity index (χ0n) is 17.1. The van der Waals surface area contributed by atoms with Gasteiger partial charge in [0, 0.05) is 0 Å². The molecule has 0 bridgehead atoms. The minimum absolute atomic E-state index is 0.0258. The van der Waals surface area contributed by atoms with E-state index in [1.54, 1.807) is 0 Å². The van der Waals surface area contributed by atoms with Crippen LogP contribution < -0.4 is 0 Å². The Hall–Kier alpha value is -0.660. The monoisotopic (exact) mass is 446 g/mol. The van der Waals surface area contributed by atoms with Gasteiger partial charge in [-0.2, -0.15) is 8.42 Å². The van der Waals surface area contributed by atoms with Crippen molar-refractivity contribution in [2.45, 2.75) is 95.5 Å². The Labute approximate surface area is 173 Å². The summed E-state index contributed by atoms with van der Waals surface area (Å²) in [7, 11) is -4.23. The minimum Gasteiger partial charge on any atom is -0.394 e. The molecule has 0 fully saturated rings. The van der Waals surface area contributed by atoms with Gasteiger partial charge >= 0.3 is 10.4 Å². The van der Waals surface area contributed by atoms with Gasteiger partial charge in [-0.1, -0.05) is 64.7 Å². The van der Waals surface area contributed by atoms with Crippen LogP contribution in [0.1, 0.15) is 71.1 Å². The van der Waals surface area contributed by atoms with Crippen molar-refractivity contribution < 1.29 is 47.5 Å². The molecule has 0 heterocycles. The number of carbonyl (C=O) groups is 1. The van der Waals surface area contributed by atoms with Gasteiger partial charge in [-0.3, -0.25) is 4.55 Å². The first-order chi connectivity index (χ1) is 13.6. The van der Waals surface area contributed by atoms with E-state index in [2.05, 4.69) is 11.1 Å². The molecule has 0 amide bonds. The van der Waals surface area contributed by atoms with Gasteiger partial charge in [-0.15, -0.1) is 0 Å². The van der Waals surface area contributed by atoms with Crippen molar-refractivity contribution in [2.75, 3.05) is 13.2 Å². The van der Waals surface area contributed by atoms with Gasteiger partial charge < -0.3 is 30.3 Å². The van der Waals surface area contributed by atoms with E-state index < -0.39 is 41.4 Å². The van der Waals surface area contributed by atoms with Crippen LogP contribution in [0.25, 0.3) is 0 Å². The zero-order valence-corrected chi connectivity index (χ0v) is 17.9. The Kier molecular flexibility index (Phi) is 20.3. The number of rotatable bonds is 17. The molecule has 6 N–H and O–H groups in total. The maximum Gasteiger partial charge on any atom is 0.397 e. The molecule has 0 aromatic heterocycles. The number of aldehydes is 1. The molecule has 0 aromatic rings. The lowest BCUT2D eigenvalue weighted by atomic mass is 10.0. The van der Waals surface area contributed by atoms with Crippen LogP contribution in [-0.2, 0) is 19.4 Å². The fourth-order valence-electron chi connectivity index (χ4n) is 2.37. The third-order valence-corrected chi connectivity index (χ3v) is 4.62. The number of hydrogen-bond donors (Lipinski definition) is 6. The van der Waals surface area contributed by atoms with Gasteiger partial charge in [0.15, 0.2) is 6.29 Å². The molecule has 0 saturated carbocycles. The maximum absolute atomic E-state index is 10.2. The van der Waals surface area contributed by atoms with Crippen molar-refractivity contribution in [2.24, 2.45) is 0 Å². The van der Waals surface area contributed by atoms with Gasteiger partial charge in [0.2, 0.25) is 0 Å². The van der Waals surface area contributed by atoms with Crippen molar-refractivity contribution in [3.63, 3.8) is 0 Å². The zero-order chi connectivity index (χ0) is 22.7. The largest absolute Gasteiger partial charge is 0.397 e. The Morgan fingerprint density at radius 1 is 0.828 bits per heavy atom. The summed E-state index contributed by atoms with van der Waals surface area (Å²) >= 11 is 0. The van der Waals surface area contributed by atoms with E-state index in [-0.39, 0.29) is 12.9 Å². The highest BCUT2D eigenvalue weighted by molar-refractivity contribution is 7.80. The number of aliphatic hydroxyl groups is 5. The van der Waals surface area contributed by atoms with Gasteiger partial charge in [0.05, 0.1) is 13.2 Å².